The number of carbonyl (C=O) groups is 1. The first-order valence-corrected chi connectivity index (χ1v) is 9.27. The number of carbonyl (C=O) groups excluding carboxylic acids is 1. The van der Waals surface area contributed by atoms with Gasteiger partial charge in [-0.05, 0) is 48.3 Å². The van der Waals surface area contributed by atoms with E-state index in [2.05, 4.69) is 29.5 Å². The highest BCUT2D eigenvalue weighted by Gasteiger charge is 2.34. The number of primary amides is 1. The molecule has 0 aromatic heterocycles. The van der Waals surface area contributed by atoms with Crippen molar-refractivity contribution in [3.8, 4) is 0 Å². The summed E-state index contributed by atoms with van der Waals surface area (Å²) in [5.74, 6) is 1.15. The molecule has 2 rings (SSSR count). The summed E-state index contributed by atoms with van der Waals surface area (Å²) >= 11 is 0. The Bertz CT molecular complexity index is 586. The van der Waals surface area contributed by atoms with Crippen molar-refractivity contribution in [3.63, 3.8) is 0 Å². The van der Waals surface area contributed by atoms with Gasteiger partial charge in [-0.15, -0.1) is 0 Å². The number of guanidine groups is 1. The molecule has 1 saturated carbocycles. The number of nitrogens with two attached hydrogens (primary N) is 1. The number of amides is 1. The summed E-state index contributed by atoms with van der Waals surface area (Å²) in [6, 6.07) is 7.34. The van der Waals surface area contributed by atoms with Gasteiger partial charge in [0.1, 0.15) is 0 Å². The first-order chi connectivity index (χ1) is 11.9. The maximum Gasteiger partial charge on any atom is 0.248 e. The van der Waals surface area contributed by atoms with Gasteiger partial charge >= 0.3 is 0 Å². The first kappa shape index (κ1) is 19.3. The van der Waals surface area contributed by atoms with Gasteiger partial charge < -0.3 is 16.4 Å². The topological polar surface area (TPSA) is 79.5 Å². The number of rotatable bonds is 7. The summed E-state index contributed by atoms with van der Waals surface area (Å²) in [6.07, 6.45) is 6.57. The minimum absolute atomic E-state index is 0.399. The maximum atomic E-state index is 11.1. The van der Waals surface area contributed by atoms with Gasteiger partial charge in [0.2, 0.25) is 5.91 Å². The van der Waals surface area contributed by atoms with E-state index >= 15 is 0 Å². The lowest BCUT2D eigenvalue weighted by molar-refractivity contribution is 0.100. The highest BCUT2D eigenvalue weighted by molar-refractivity contribution is 5.92. The fourth-order valence-electron chi connectivity index (χ4n) is 3.91. The first-order valence-electron chi connectivity index (χ1n) is 9.27. The number of benzene rings is 1. The van der Waals surface area contributed by atoms with Crippen molar-refractivity contribution in [2.75, 3.05) is 13.6 Å². The van der Waals surface area contributed by atoms with Crippen molar-refractivity contribution in [1.82, 2.24) is 10.6 Å². The molecule has 0 atom stereocenters. The monoisotopic (exact) mass is 344 g/mol. The van der Waals surface area contributed by atoms with E-state index in [9.17, 15) is 4.79 Å². The fourth-order valence-corrected chi connectivity index (χ4v) is 3.91. The van der Waals surface area contributed by atoms with Crippen LogP contribution in [0.1, 0.15) is 61.9 Å². The lowest BCUT2D eigenvalue weighted by Gasteiger charge is -2.32. The largest absolute Gasteiger partial charge is 0.366 e. The summed E-state index contributed by atoms with van der Waals surface area (Å²) < 4.78 is 0. The lowest BCUT2D eigenvalue weighted by atomic mass is 9.78. The van der Waals surface area contributed by atoms with Crippen LogP contribution in [0, 0.1) is 11.3 Å². The zero-order valence-corrected chi connectivity index (χ0v) is 15.8. The molecule has 5 nitrogen and oxygen atoms in total. The Hall–Kier alpha value is -2.04. The van der Waals surface area contributed by atoms with Crippen molar-refractivity contribution >= 4 is 11.9 Å². The molecule has 138 valence electrons. The molecular formula is C20H32N4O. The van der Waals surface area contributed by atoms with Crippen LogP contribution in [-0.4, -0.2) is 25.5 Å². The molecule has 0 radical (unpaired) electrons. The Balaban J connectivity index is 1.86. The van der Waals surface area contributed by atoms with E-state index in [0.717, 1.165) is 24.0 Å². The van der Waals surface area contributed by atoms with E-state index in [4.69, 9.17) is 5.73 Å². The Labute approximate surface area is 151 Å². The van der Waals surface area contributed by atoms with Crippen LogP contribution < -0.4 is 16.4 Å². The lowest BCUT2D eigenvalue weighted by Crippen LogP contribution is -2.43. The minimum atomic E-state index is -0.399. The number of aliphatic imine (C=N–C) groups is 1. The summed E-state index contributed by atoms with van der Waals surface area (Å²) in [5, 5.41) is 6.87. The second-order valence-electron chi connectivity index (χ2n) is 7.65. The van der Waals surface area contributed by atoms with E-state index in [0.29, 0.717) is 17.5 Å². The second kappa shape index (κ2) is 8.88. The molecule has 1 fully saturated rings. The smallest absolute Gasteiger partial charge is 0.248 e. The average Bonchev–Trinajstić information content (AvgIpc) is 3.03. The van der Waals surface area contributed by atoms with E-state index < -0.39 is 5.91 Å². The van der Waals surface area contributed by atoms with E-state index in [1.165, 1.54) is 32.1 Å². The summed E-state index contributed by atoms with van der Waals surface area (Å²) in [6.45, 7) is 6.26. The molecule has 1 aliphatic rings. The van der Waals surface area contributed by atoms with Gasteiger partial charge in [-0.3, -0.25) is 9.79 Å². The third-order valence-electron chi connectivity index (χ3n) is 5.06. The normalized spacial score (nSPS) is 16.9. The predicted octanol–water partition coefficient (Wildman–Crippen LogP) is 3.06. The van der Waals surface area contributed by atoms with Crippen LogP contribution in [0.25, 0.3) is 0 Å². The van der Waals surface area contributed by atoms with Crippen LogP contribution in [0.4, 0.5) is 0 Å². The van der Waals surface area contributed by atoms with Gasteiger partial charge in [0, 0.05) is 25.7 Å². The molecule has 5 heteroatoms. The molecule has 1 aromatic rings. The summed E-state index contributed by atoms with van der Waals surface area (Å²) in [5.41, 5.74) is 7.30. The third kappa shape index (κ3) is 5.76. The predicted molar refractivity (Wildman–Crippen MR) is 104 cm³/mol. The van der Waals surface area contributed by atoms with Crippen LogP contribution in [0.2, 0.25) is 0 Å². The van der Waals surface area contributed by atoms with E-state index in [-0.39, 0.29) is 0 Å². The molecule has 0 aliphatic heterocycles. The SMILES string of the molecule is CN=C(NCc1ccc(C(N)=O)cc1)NCC1(CC(C)C)CCCC1. The highest BCUT2D eigenvalue weighted by atomic mass is 16.1. The molecular weight excluding hydrogens is 312 g/mol. The van der Waals surface area contributed by atoms with E-state index in [1.807, 2.05) is 12.1 Å². The van der Waals surface area contributed by atoms with Crippen LogP contribution >= 0.6 is 0 Å². The van der Waals surface area contributed by atoms with Gasteiger partial charge in [0.15, 0.2) is 5.96 Å². The molecule has 0 saturated heterocycles. The van der Waals surface area contributed by atoms with Crippen molar-refractivity contribution in [2.45, 2.75) is 52.5 Å². The molecule has 0 unspecified atom stereocenters. The van der Waals surface area contributed by atoms with Crippen LogP contribution in [0.5, 0.6) is 0 Å². The van der Waals surface area contributed by atoms with Gasteiger partial charge in [-0.2, -0.15) is 0 Å². The molecule has 1 aliphatic carbocycles. The quantitative estimate of drug-likeness (QED) is 0.525. The molecule has 0 heterocycles. The Morgan fingerprint density at radius 1 is 1.20 bits per heavy atom. The Morgan fingerprint density at radius 3 is 2.36 bits per heavy atom. The van der Waals surface area contributed by atoms with Gasteiger partial charge in [0.25, 0.3) is 0 Å². The number of nitrogens with one attached hydrogen (secondary N) is 2. The van der Waals surface area contributed by atoms with Gasteiger partial charge in [0.05, 0.1) is 0 Å². The molecule has 1 amide bonds. The molecule has 1 aromatic carbocycles. The third-order valence-corrected chi connectivity index (χ3v) is 5.06. The molecule has 25 heavy (non-hydrogen) atoms. The number of nitrogens with zero attached hydrogens (tertiary/aromatic N) is 1. The van der Waals surface area contributed by atoms with Crippen molar-refractivity contribution in [1.29, 1.82) is 0 Å². The van der Waals surface area contributed by atoms with Gasteiger partial charge in [-0.25, -0.2) is 0 Å². The average molecular weight is 345 g/mol. The zero-order valence-electron chi connectivity index (χ0n) is 15.8. The Kier molecular flexibility index (Phi) is 6.85. The summed E-state index contributed by atoms with van der Waals surface area (Å²) in [4.78, 5) is 15.5. The van der Waals surface area contributed by atoms with Crippen LogP contribution in [-0.2, 0) is 6.54 Å². The zero-order chi connectivity index (χ0) is 18.3. The number of hydrogen-bond donors (Lipinski definition) is 3. The minimum Gasteiger partial charge on any atom is -0.366 e. The second-order valence-corrected chi connectivity index (χ2v) is 7.65. The standard InChI is InChI=1S/C20H32N4O/c1-15(2)12-20(10-4-5-11-20)14-24-19(22-3)23-13-16-6-8-17(9-7-16)18(21)25/h6-9,15H,4-5,10-14H2,1-3H3,(H2,21,25)(H2,22,23,24). The van der Waals surface area contributed by atoms with E-state index in [1.54, 1.807) is 19.2 Å². The van der Waals surface area contributed by atoms with Crippen molar-refractivity contribution in [3.05, 3.63) is 35.4 Å². The highest BCUT2D eigenvalue weighted by Crippen LogP contribution is 2.42. The van der Waals surface area contributed by atoms with Crippen LogP contribution in [0.3, 0.4) is 0 Å². The van der Waals surface area contributed by atoms with Crippen LogP contribution in [0.15, 0.2) is 29.3 Å². The summed E-state index contributed by atoms with van der Waals surface area (Å²) in [7, 11) is 1.80. The van der Waals surface area contributed by atoms with Gasteiger partial charge in [-0.1, -0.05) is 38.8 Å². The molecule has 0 bridgehead atoms. The number of hydrogen-bond acceptors (Lipinski definition) is 2. The maximum absolute atomic E-state index is 11.1. The molecule has 0 spiro atoms. The Morgan fingerprint density at radius 2 is 1.84 bits per heavy atom. The molecule has 4 N–H and O–H groups in total. The van der Waals surface area contributed by atoms with Crippen molar-refractivity contribution < 1.29 is 4.79 Å². The van der Waals surface area contributed by atoms with Crippen molar-refractivity contribution in [2.24, 2.45) is 22.1 Å². The fraction of sp³-hybridized carbons (Fsp3) is 0.600.